The van der Waals surface area contributed by atoms with Crippen LogP contribution in [0, 0.1) is 0 Å². The van der Waals surface area contributed by atoms with Gasteiger partial charge in [0.25, 0.3) is 0 Å². The molecule has 0 spiro atoms. The molecule has 4 aromatic carbocycles. The van der Waals surface area contributed by atoms with E-state index in [9.17, 15) is 19.8 Å². The van der Waals surface area contributed by atoms with Gasteiger partial charge in [0.15, 0.2) is 0 Å². The summed E-state index contributed by atoms with van der Waals surface area (Å²) in [6, 6.07) is 26.2. The van der Waals surface area contributed by atoms with Crippen LogP contribution in [0.3, 0.4) is 0 Å². The maximum absolute atomic E-state index is 11.4. The van der Waals surface area contributed by atoms with Gasteiger partial charge < -0.3 is 30.6 Å². The molecule has 328 valence electrons. The van der Waals surface area contributed by atoms with E-state index in [1.54, 1.807) is 0 Å². The monoisotopic (exact) mass is 866 g/mol. The van der Waals surface area contributed by atoms with Crippen molar-refractivity contribution < 1.29 is 56.7 Å². The molecule has 0 amide bonds. The van der Waals surface area contributed by atoms with Gasteiger partial charge in [-0.3, -0.25) is 9.98 Å². The van der Waals surface area contributed by atoms with Crippen molar-refractivity contribution in [3.63, 3.8) is 0 Å². The Kier molecular flexibility index (Phi) is 27.2. The zero-order chi connectivity index (χ0) is 43.4. The molecule has 4 rings (SSSR count). The summed E-state index contributed by atoms with van der Waals surface area (Å²) in [7, 11) is 0. The Bertz CT molecular complexity index is 1830. The third-order valence-electron chi connectivity index (χ3n) is 9.63. The van der Waals surface area contributed by atoms with E-state index < -0.39 is 34.9 Å². The van der Waals surface area contributed by atoms with Gasteiger partial charge in [0.2, 0.25) is 0 Å². The molecule has 0 aliphatic carbocycles. The number of para-hydroxylation sites is 2. The number of aliphatic imine (C=N–C) groups is 2. The van der Waals surface area contributed by atoms with Crippen LogP contribution in [-0.4, -0.2) is 43.8 Å². The molecule has 0 aromatic heterocycles. The predicted octanol–water partition coefficient (Wildman–Crippen LogP) is 11.9. The van der Waals surface area contributed by atoms with Crippen molar-refractivity contribution in [2.24, 2.45) is 9.98 Å². The standard InChI is InChI=1S/C27H38N2.2C11H14O4.Ni/c1-3-5-7-8-9-17-23-27(29-25-20-15-11-16-21-25)26(22-12-6-4-2)28-24-18-13-10-14-19-24;2*1-2-3-4-7-5-6-8(12)10(13)9(7)11(14)15;/h10-11,13-16,18-21H,3-9,12,17,22-23H2,1-2H3;2*5-6,12-13H,2-4H2,1H3,(H,14,15);/q;;;+2/p-2. The van der Waals surface area contributed by atoms with E-state index in [0.717, 1.165) is 49.9 Å². The summed E-state index contributed by atoms with van der Waals surface area (Å²) in [5, 5.41) is 58.7. The second kappa shape index (κ2) is 30.8. The van der Waals surface area contributed by atoms with Gasteiger partial charge in [0.05, 0.1) is 33.9 Å². The summed E-state index contributed by atoms with van der Waals surface area (Å²) in [5.74, 6) is -5.16. The fraction of sp³-hybridized carbons (Fsp3) is 0.429. The first-order valence-corrected chi connectivity index (χ1v) is 21.2. The molecule has 0 aliphatic rings. The van der Waals surface area contributed by atoms with Gasteiger partial charge in [-0.15, -0.1) is 0 Å². The summed E-state index contributed by atoms with van der Waals surface area (Å²) < 4.78 is 0. The summed E-state index contributed by atoms with van der Waals surface area (Å²) >= 11 is 0. The van der Waals surface area contributed by atoms with Gasteiger partial charge in [-0.1, -0.05) is 146 Å². The summed E-state index contributed by atoms with van der Waals surface area (Å²) in [5.41, 5.74) is 4.78. The van der Waals surface area contributed by atoms with Crippen LogP contribution in [0.1, 0.15) is 156 Å². The molecule has 0 saturated carbocycles. The zero-order valence-corrected chi connectivity index (χ0v) is 36.7. The maximum atomic E-state index is 11.4. The van der Waals surface area contributed by atoms with E-state index in [1.807, 2.05) is 26.0 Å². The van der Waals surface area contributed by atoms with E-state index in [2.05, 4.69) is 62.4 Å². The van der Waals surface area contributed by atoms with E-state index in [0.29, 0.717) is 24.0 Å². The van der Waals surface area contributed by atoms with Crippen molar-refractivity contribution >= 4 is 34.7 Å². The number of carbonyl (C=O) groups is 2. The number of aromatic carboxylic acids is 2. The Labute approximate surface area is 367 Å². The topological polar surface area (TPSA) is 186 Å². The molecular weight excluding hydrogens is 803 g/mol. The van der Waals surface area contributed by atoms with Crippen molar-refractivity contribution in [1.29, 1.82) is 0 Å². The number of phenols is 2. The number of carboxylic acids is 2. The largest absolute Gasteiger partial charge is 2.00 e. The molecule has 0 aliphatic heterocycles. The van der Waals surface area contributed by atoms with E-state index >= 15 is 0 Å². The Morgan fingerprint density at radius 3 is 1.18 bits per heavy atom. The van der Waals surface area contributed by atoms with Crippen LogP contribution in [0.4, 0.5) is 11.4 Å². The normalized spacial score (nSPS) is 11.1. The van der Waals surface area contributed by atoms with Crippen LogP contribution in [0.25, 0.3) is 0 Å². The molecule has 0 unspecified atom stereocenters. The second-order valence-electron chi connectivity index (χ2n) is 14.5. The first-order chi connectivity index (χ1) is 28.5. The Hall–Kier alpha value is -5.15. The van der Waals surface area contributed by atoms with E-state index in [4.69, 9.17) is 30.4 Å². The van der Waals surface area contributed by atoms with Crippen molar-refractivity contribution in [2.45, 2.75) is 137 Å². The van der Waals surface area contributed by atoms with Crippen LogP contribution < -0.4 is 10.2 Å². The summed E-state index contributed by atoms with van der Waals surface area (Å²) in [6.07, 6.45) is 18.0. The minimum atomic E-state index is -1.28. The number of nitrogens with zero attached hydrogens (tertiary/aromatic N) is 2. The predicted molar refractivity (Wildman–Crippen MR) is 235 cm³/mol. The number of benzene rings is 4. The minimum Gasteiger partial charge on any atom is -0.869 e. The number of aromatic hydroxyl groups is 2. The molecule has 0 saturated heterocycles. The van der Waals surface area contributed by atoms with Crippen LogP contribution in [0.15, 0.2) is 94.9 Å². The molecule has 0 fully saturated rings. The van der Waals surface area contributed by atoms with Gasteiger partial charge in [0.1, 0.15) is 11.5 Å². The van der Waals surface area contributed by atoms with Crippen molar-refractivity contribution in [2.75, 3.05) is 0 Å². The second-order valence-corrected chi connectivity index (χ2v) is 14.5. The Morgan fingerprint density at radius 1 is 0.483 bits per heavy atom. The molecule has 60 heavy (non-hydrogen) atoms. The summed E-state index contributed by atoms with van der Waals surface area (Å²) in [4.78, 5) is 31.8. The molecule has 0 atom stereocenters. The average molecular weight is 868 g/mol. The Morgan fingerprint density at radius 2 is 0.817 bits per heavy atom. The molecular formula is C49H64N2NiO8. The fourth-order valence-electron chi connectivity index (χ4n) is 6.31. The molecule has 0 heterocycles. The van der Waals surface area contributed by atoms with Crippen LogP contribution in [-0.2, 0) is 29.3 Å². The van der Waals surface area contributed by atoms with Crippen LogP contribution >= 0.6 is 0 Å². The van der Waals surface area contributed by atoms with E-state index in [-0.39, 0.29) is 27.6 Å². The number of phenolic OH excluding ortho intramolecular Hbond substituents is 2. The van der Waals surface area contributed by atoms with Crippen molar-refractivity contribution in [1.82, 2.24) is 0 Å². The van der Waals surface area contributed by atoms with Crippen molar-refractivity contribution in [3.8, 4) is 23.0 Å². The number of rotatable bonds is 22. The number of aryl methyl sites for hydroxylation is 2. The molecule has 10 nitrogen and oxygen atoms in total. The maximum Gasteiger partial charge on any atom is 2.00 e. The minimum absolute atomic E-state index is 0. The Balaban J connectivity index is 0.000000490. The van der Waals surface area contributed by atoms with Crippen LogP contribution in [0.5, 0.6) is 23.0 Å². The number of unbranched alkanes of at least 4 members (excludes halogenated alkanes) is 9. The molecule has 4 N–H and O–H groups in total. The van der Waals surface area contributed by atoms with Gasteiger partial charge >= 0.3 is 28.4 Å². The smallest absolute Gasteiger partial charge is 0.869 e. The first kappa shape index (κ1) is 52.9. The van der Waals surface area contributed by atoms with Gasteiger partial charge in [-0.2, -0.15) is 0 Å². The molecule has 11 heteroatoms. The summed E-state index contributed by atoms with van der Waals surface area (Å²) in [6.45, 7) is 8.49. The molecule has 0 radical (unpaired) electrons. The number of carboxylic acid groups (broad SMARTS) is 2. The SMILES string of the molecule is CCCCCCCCC(=Nc1ccccc1)C(CCCCC)=Nc1ccccc1.CCCCc1ccc(O)c([O-])c1C(=O)O.CCCCc1ccc(O)c([O-])c1C(=O)O.[Ni+2]. The zero-order valence-electron chi connectivity index (χ0n) is 35.7. The first-order valence-electron chi connectivity index (χ1n) is 21.2. The van der Waals surface area contributed by atoms with Gasteiger partial charge in [-0.25, -0.2) is 9.59 Å². The number of hydrogen-bond donors (Lipinski definition) is 4. The van der Waals surface area contributed by atoms with Gasteiger partial charge in [-0.05, 0) is 98.9 Å². The van der Waals surface area contributed by atoms with E-state index in [1.165, 1.54) is 93.5 Å². The van der Waals surface area contributed by atoms with Gasteiger partial charge in [0, 0.05) is 0 Å². The molecule has 0 bridgehead atoms. The third-order valence-corrected chi connectivity index (χ3v) is 9.63. The number of hydrogen-bond acceptors (Lipinski definition) is 8. The third kappa shape index (κ3) is 19.3. The van der Waals surface area contributed by atoms with Crippen LogP contribution in [0.2, 0.25) is 0 Å². The fourth-order valence-corrected chi connectivity index (χ4v) is 6.31. The average Bonchev–Trinajstić information content (AvgIpc) is 3.23. The quantitative estimate of drug-likeness (QED) is 0.0341. The molecule has 4 aromatic rings. The van der Waals surface area contributed by atoms with Crippen molar-refractivity contribution in [3.05, 3.63) is 107 Å².